The predicted octanol–water partition coefficient (Wildman–Crippen LogP) is 3.42. The molecule has 2 aliphatic rings. The molecule has 0 fully saturated rings. The van der Waals surface area contributed by atoms with Gasteiger partial charge in [-0.1, -0.05) is 24.3 Å². The molecule has 1 heterocycles. The lowest BCUT2D eigenvalue weighted by Gasteiger charge is -2.31. The van der Waals surface area contributed by atoms with Crippen molar-refractivity contribution in [3.05, 3.63) is 65.0 Å². The Labute approximate surface area is 124 Å². The highest BCUT2D eigenvalue weighted by Gasteiger charge is 2.30. The number of hydrogen-bond donors (Lipinski definition) is 1. The zero-order chi connectivity index (χ0) is 14.2. The van der Waals surface area contributed by atoms with Gasteiger partial charge in [0.15, 0.2) is 0 Å². The number of nitrogens with one attached hydrogen (secondary N) is 1. The molecule has 0 radical (unpaired) electrons. The van der Waals surface area contributed by atoms with Crippen molar-refractivity contribution in [2.75, 3.05) is 18.0 Å². The first-order valence-corrected chi connectivity index (χ1v) is 7.66. The van der Waals surface area contributed by atoms with Gasteiger partial charge in [0.05, 0.1) is 6.04 Å². The Bertz CT molecular complexity index is 668. The van der Waals surface area contributed by atoms with E-state index in [-0.39, 0.29) is 5.82 Å². The molecule has 2 aromatic carbocycles. The maximum atomic E-state index is 13.4. The lowest BCUT2D eigenvalue weighted by Crippen LogP contribution is -2.31. The SMILES string of the molecule is Fc1ccc2c(c1)CCC2N1CCNCc2ccccc21. The van der Waals surface area contributed by atoms with Crippen molar-refractivity contribution >= 4 is 5.69 Å². The fourth-order valence-corrected chi connectivity index (χ4v) is 3.69. The number of para-hydroxylation sites is 1. The molecule has 2 nitrogen and oxygen atoms in total. The minimum atomic E-state index is -0.118. The fourth-order valence-electron chi connectivity index (χ4n) is 3.69. The van der Waals surface area contributed by atoms with Crippen LogP contribution in [0.3, 0.4) is 0 Å². The van der Waals surface area contributed by atoms with Crippen molar-refractivity contribution in [1.82, 2.24) is 5.32 Å². The predicted molar refractivity (Wildman–Crippen MR) is 83.0 cm³/mol. The average Bonchev–Trinajstić information content (AvgIpc) is 2.79. The highest BCUT2D eigenvalue weighted by Crippen LogP contribution is 2.39. The van der Waals surface area contributed by atoms with Gasteiger partial charge in [-0.05, 0) is 47.7 Å². The van der Waals surface area contributed by atoms with E-state index in [0.29, 0.717) is 6.04 Å². The normalized spacial score (nSPS) is 20.8. The van der Waals surface area contributed by atoms with Crippen molar-refractivity contribution in [2.45, 2.75) is 25.4 Å². The third-order valence-electron chi connectivity index (χ3n) is 4.67. The van der Waals surface area contributed by atoms with E-state index in [1.54, 1.807) is 12.1 Å². The average molecular weight is 282 g/mol. The quantitative estimate of drug-likeness (QED) is 0.862. The molecule has 1 atom stereocenters. The highest BCUT2D eigenvalue weighted by molar-refractivity contribution is 5.57. The first kappa shape index (κ1) is 12.8. The summed E-state index contributed by atoms with van der Waals surface area (Å²) in [4.78, 5) is 2.50. The van der Waals surface area contributed by atoms with Gasteiger partial charge in [-0.15, -0.1) is 0 Å². The van der Waals surface area contributed by atoms with Gasteiger partial charge in [0.2, 0.25) is 0 Å². The number of benzene rings is 2. The molecule has 0 aromatic heterocycles. The van der Waals surface area contributed by atoms with Gasteiger partial charge in [0.1, 0.15) is 5.82 Å². The molecule has 0 spiro atoms. The minimum absolute atomic E-state index is 0.118. The zero-order valence-electron chi connectivity index (χ0n) is 12.0. The van der Waals surface area contributed by atoms with Crippen LogP contribution in [0.25, 0.3) is 0 Å². The first-order chi connectivity index (χ1) is 10.3. The molecule has 0 bridgehead atoms. The summed E-state index contributed by atoms with van der Waals surface area (Å²) in [5.74, 6) is -0.118. The fraction of sp³-hybridized carbons (Fsp3) is 0.333. The Balaban J connectivity index is 1.75. The Morgan fingerprint density at radius 1 is 1.10 bits per heavy atom. The second-order valence-corrected chi connectivity index (χ2v) is 5.90. The molecular formula is C18H19FN2. The summed E-state index contributed by atoms with van der Waals surface area (Å²) in [5.41, 5.74) is 5.15. The van der Waals surface area contributed by atoms with Gasteiger partial charge in [-0.2, -0.15) is 0 Å². The summed E-state index contributed by atoms with van der Waals surface area (Å²) >= 11 is 0. The lowest BCUT2D eigenvalue weighted by molar-refractivity contribution is 0.600. The van der Waals surface area contributed by atoms with Gasteiger partial charge < -0.3 is 10.2 Å². The van der Waals surface area contributed by atoms with E-state index < -0.39 is 0 Å². The van der Waals surface area contributed by atoms with Crippen molar-refractivity contribution in [2.24, 2.45) is 0 Å². The van der Waals surface area contributed by atoms with Crippen LogP contribution >= 0.6 is 0 Å². The lowest BCUT2D eigenvalue weighted by atomic mass is 10.0. The second kappa shape index (κ2) is 5.15. The maximum absolute atomic E-state index is 13.4. The molecule has 1 aliphatic carbocycles. The van der Waals surface area contributed by atoms with E-state index in [4.69, 9.17) is 0 Å². The topological polar surface area (TPSA) is 15.3 Å². The molecule has 21 heavy (non-hydrogen) atoms. The molecule has 108 valence electrons. The van der Waals surface area contributed by atoms with Crippen LogP contribution in [0, 0.1) is 5.82 Å². The van der Waals surface area contributed by atoms with Gasteiger partial charge in [-0.3, -0.25) is 0 Å². The van der Waals surface area contributed by atoms with E-state index in [0.717, 1.165) is 32.5 Å². The Morgan fingerprint density at radius 2 is 2.00 bits per heavy atom. The molecule has 0 saturated heterocycles. The molecule has 0 amide bonds. The molecule has 1 unspecified atom stereocenters. The maximum Gasteiger partial charge on any atom is 0.123 e. The van der Waals surface area contributed by atoms with Crippen LogP contribution in [0.15, 0.2) is 42.5 Å². The van der Waals surface area contributed by atoms with Crippen LogP contribution in [0.2, 0.25) is 0 Å². The molecule has 3 heteroatoms. The largest absolute Gasteiger partial charge is 0.363 e. The first-order valence-electron chi connectivity index (χ1n) is 7.66. The van der Waals surface area contributed by atoms with Gasteiger partial charge in [0.25, 0.3) is 0 Å². The monoisotopic (exact) mass is 282 g/mol. The third-order valence-corrected chi connectivity index (χ3v) is 4.67. The Hall–Kier alpha value is -1.87. The van der Waals surface area contributed by atoms with E-state index >= 15 is 0 Å². The number of fused-ring (bicyclic) bond motifs is 2. The summed E-state index contributed by atoms with van der Waals surface area (Å²) in [6.45, 7) is 2.91. The third kappa shape index (κ3) is 2.22. The number of anilines is 1. The standard InChI is InChI=1S/C18H19FN2/c19-15-6-7-16-13(11-15)5-8-18(16)21-10-9-20-12-14-3-1-2-4-17(14)21/h1-4,6-7,11,18,20H,5,8-10,12H2. The van der Waals surface area contributed by atoms with E-state index in [2.05, 4.69) is 34.5 Å². The minimum Gasteiger partial charge on any atom is -0.363 e. The zero-order valence-corrected chi connectivity index (χ0v) is 12.0. The summed E-state index contributed by atoms with van der Waals surface area (Å²) in [7, 11) is 0. The summed E-state index contributed by atoms with van der Waals surface area (Å²) < 4.78 is 13.4. The summed E-state index contributed by atoms with van der Waals surface area (Å²) in [5, 5.41) is 3.49. The van der Waals surface area contributed by atoms with Gasteiger partial charge in [0, 0.05) is 25.3 Å². The van der Waals surface area contributed by atoms with E-state index in [9.17, 15) is 4.39 Å². The molecule has 4 rings (SSSR count). The van der Waals surface area contributed by atoms with Crippen LogP contribution in [0.1, 0.15) is 29.2 Å². The van der Waals surface area contributed by atoms with Crippen LogP contribution in [0.4, 0.5) is 10.1 Å². The smallest absolute Gasteiger partial charge is 0.123 e. The van der Waals surface area contributed by atoms with Crippen LogP contribution in [-0.2, 0) is 13.0 Å². The van der Waals surface area contributed by atoms with Crippen LogP contribution in [0.5, 0.6) is 0 Å². The van der Waals surface area contributed by atoms with Gasteiger partial charge >= 0.3 is 0 Å². The number of hydrogen-bond acceptors (Lipinski definition) is 2. The van der Waals surface area contributed by atoms with Crippen molar-refractivity contribution < 1.29 is 4.39 Å². The number of rotatable bonds is 1. The number of aryl methyl sites for hydroxylation is 1. The molecule has 1 N–H and O–H groups in total. The van der Waals surface area contributed by atoms with Crippen molar-refractivity contribution in [3.8, 4) is 0 Å². The molecule has 2 aromatic rings. The van der Waals surface area contributed by atoms with Crippen LogP contribution < -0.4 is 10.2 Å². The molecule has 0 saturated carbocycles. The molecule has 1 aliphatic heterocycles. The highest BCUT2D eigenvalue weighted by atomic mass is 19.1. The van der Waals surface area contributed by atoms with Crippen molar-refractivity contribution in [1.29, 1.82) is 0 Å². The Kier molecular flexibility index (Phi) is 3.15. The summed E-state index contributed by atoms with van der Waals surface area (Å²) in [6, 6.07) is 14.3. The number of halogens is 1. The van der Waals surface area contributed by atoms with Gasteiger partial charge in [-0.25, -0.2) is 4.39 Å². The summed E-state index contributed by atoms with van der Waals surface area (Å²) in [6.07, 6.45) is 2.05. The van der Waals surface area contributed by atoms with Crippen LogP contribution in [-0.4, -0.2) is 13.1 Å². The van der Waals surface area contributed by atoms with E-state index in [1.165, 1.54) is 22.4 Å². The molecular weight excluding hydrogens is 263 g/mol. The van der Waals surface area contributed by atoms with E-state index in [1.807, 2.05) is 6.07 Å². The number of nitrogens with zero attached hydrogens (tertiary/aromatic N) is 1. The Morgan fingerprint density at radius 3 is 2.95 bits per heavy atom. The van der Waals surface area contributed by atoms with Crippen molar-refractivity contribution in [3.63, 3.8) is 0 Å². The second-order valence-electron chi connectivity index (χ2n) is 5.90.